The van der Waals surface area contributed by atoms with Crippen molar-refractivity contribution in [3.05, 3.63) is 78.0 Å². The minimum Gasteiger partial charge on any atom is -0.200 e. The van der Waals surface area contributed by atoms with Gasteiger partial charge in [0.05, 0.1) is 0 Å². The molecule has 0 atom stereocenters. The van der Waals surface area contributed by atoms with Crippen LogP contribution in [0.4, 0.5) is 0 Å². The first kappa shape index (κ1) is 9.78. The molecule has 1 nitrogen and oxygen atoms in total. The van der Waals surface area contributed by atoms with Crippen LogP contribution in [-0.4, -0.2) is 0 Å². The second-order valence-corrected chi connectivity index (χ2v) is 6.08. The van der Waals surface area contributed by atoms with Crippen LogP contribution in [0.3, 0.4) is 0 Å². The van der Waals surface area contributed by atoms with Crippen LogP contribution in [-0.2, 0) is 13.5 Å². The van der Waals surface area contributed by atoms with E-state index in [4.69, 9.17) is 9.60 Å². The number of hydrogen-bond acceptors (Lipinski definition) is 0. The van der Waals surface area contributed by atoms with E-state index < -0.39 is 19.6 Å². The lowest BCUT2D eigenvalue weighted by molar-refractivity contribution is -0.659. The third-order valence-electron chi connectivity index (χ3n) is 4.22. The molecule has 3 aromatic rings. The minimum absolute atomic E-state index is 0.375. The molecule has 0 amide bonds. The maximum absolute atomic E-state index is 8.20. The first-order chi connectivity index (χ1) is 14.3. The molecule has 0 fully saturated rings. The molecule has 0 N–H and O–H groups in total. The highest BCUT2D eigenvalue weighted by atomic mass is 14.9. The second-order valence-electron chi connectivity index (χ2n) is 6.08. The Hall–Kier alpha value is -2.41. The van der Waals surface area contributed by atoms with E-state index in [-0.39, 0.29) is 6.42 Å². The van der Waals surface area contributed by atoms with E-state index in [1.165, 1.54) is 5.56 Å². The van der Waals surface area contributed by atoms with Crippen LogP contribution in [0.2, 0.25) is 0 Å². The average Bonchev–Trinajstić information content (AvgIpc) is 2.67. The molecule has 2 aromatic carbocycles. The monoisotopic (exact) mass is 323 g/mol. The van der Waals surface area contributed by atoms with Crippen molar-refractivity contribution in [3.8, 4) is 22.4 Å². The molecule has 0 aliphatic heterocycles. The van der Waals surface area contributed by atoms with Crippen LogP contribution in [0.1, 0.15) is 34.4 Å². The van der Waals surface area contributed by atoms with Gasteiger partial charge in [-0.25, -0.2) is 4.57 Å². The number of aryl methyl sites for hydroxylation is 2. The Morgan fingerprint density at radius 2 is 1.67 bits per heavy atom. The first-order valence-electron chi connectivity index (χ1n) is 11.5. The number of hydrogen-bond donors (Lipinski definition) is 0. The van der Waals surface area contributed by atoms with Gasteiger partial charge in [-0.05, 0) is 48.1 Å². The van der Waals surface area contributed by atoms with Gasteiger partial charge in [0.1, 0.15) is 7.05 Å². The Kier molecular flexibility index (Phi) is 2.85. The average molecular weight is 324 g/mol. The van der Waals surface area contributed by atoms with Gasteiger partial charge in [0.15, 0.2) is 6.20 Å². The van der Waals surface area contributed by atoms with Crippen molar-refractivity contribution in [2.75, 3.05) is 0 Å². The molecule has 0 spiro atoms. The highest BCUT2D eigenvalue weighted by Gasteiger charge is 2.13. The van der Waals surface area contributed by atoms with Gasteiger partial charge in [-0.3, -0.25) is 0 Å². The van der Waals surface area contributed by atoms with Crippen LogP contribution in [0.15, 0.2) is 66.9 Å². The number of rotatable bonds is 4. The Balaban J connectivity index is 1.88. The summed E-state index contributed by atoms with van der Waals surface area (Å²) in [5.74, 6) is -2.55. The van der Waals surface area contributed by atoms with E-state index in [0.29, 0.717) is 5.56 Å². The maximum atomic E-state index is 8.20. The summed E-state index contributed by atoms with van der Waals surface area (Å²) in [5.41, 5.74) is 5.86. The summed E-state index contributed by atoms with van der Waals surface area (Å²) in [6.07, 6.45) is 1.65. The molecule has 0 saturated carbocycles. The van der Waals surface area contributed by atoms with Crippen LogP contribution < -0.4 is 4.57 Å². The summed E-state index contributed by atoms with van der Waals surface area (Å²) in [4.78, 5) is 0. The molecule has 3 rings (SSSR count). The molecule has 1 aromatic heterocycles. The lowest BCUT2D eigenvalue weighted by Gasteiger charge is -2.08. The fraction of sp³-hybridized carbons (Fsp3) is 0.261. The highest BCUT2D eigenvalue weighted by molar-refractivity contribution is 5.66. The molecule has 0 aliphatic rings. The highest BCUT2D eigenvalue weighted by Crippen LogP contribution is 2.24. The van der Waals surface area contributed by atoms with Crippen molar-refractivity contribution in [2.45, 2.75) is 27.0 Å². The van der Waals surface area contributed by atoms with Crippen LogP contribution in [0, 0.1) is 12.8 Å². The molecule has 24 heavy (non-hydrogen) atoms. The molecule has 1 heteroatoms. The van der Waals surface area contributed by atoms with Gasteiger partial charge in [0.2, 0.25) is 5.69 Å². The quantitative estimate of drug-likeness (QED) is 0.570. The summed E-state index contributed by atoms with van der Waals surface area (Å²) < 4.78 is 55.7. The Bertz CT molecular complexity index is 1050. The van der Waals surface area contributed by atoms with Crippen molar-refractivity contribution in [1.29, 1.82) is 0 Å². The number of aromatic nitrogens is 1. The van der Waals surface area contributed by atoms with E-state index in [1.54, 1.807) is 12.1 Å². The Labute approximate surface area is 155 Å². The Morgan fingerprint density at radius 3 is 2.33 bits per heavy atom. The predicted molar refractivity (Wildman–Crippen MR) is 102 cm³/mol. The largest absolute Gasteiger partial charge is 0.212 e. The lowest BCUT2D eigenvalue weighted by Crippen LogP contribution is -2.30. The molecule has 0 radical (unpaired) electrons. The molecule has 1 heterocycles. The summed E-state index contributed by atoms with van der Waals surface area (Å²) in [7, 11) is 1.99. The standard InChI is InChI=1S/C23H26N/c1-17(2)15-19-9-11-20(12-10-19)21-13-14-23(24(4)16-21)22-8-6-5-7-18(22)3/h5-14,16-17H,15H2,1-4H3/q+1/i1D3,2D3,17D. The lowest BCUT2D eigenvalue weighted by atomic mass is 9.99. The summed E-state index contributed by atoms with van der Waals surface area (Å²) in [5, 5.41) is 0. The third kappa shape index (κ3) is 3.56. The predicted octanol–water partition coefficient (Wildman–Crippen LogP) is 5.35. The van der Waals surface area contributed by atoms with Crippen molar-refractivity contribution in [3.63, 3.8) is 0 Å². The van der Waals surface area contributed by atoms with E-state index in [2.05, 4.69) is 29.7 Å². The van der Waals surface area contributed by atoms with Gasteiger partial charge in [0, 0.05) is 26.8 Å². The fourth-order valence-electron chi connectivity index (χ4n) is 2.94. The molecular formula is C23H26N+. The number of pyridine rings is 1. The van der Waals surface area contributed by atoms with Gasteiger partial charge >= 0.3 is 0 Å². The number of nitrogens with zero attached hydrogens (tertiary/aromatic N) is 1. The van der Waals surface area contributed by atoms with Crippen LogP contribution >= 0.6 is 0 Å². The molecule has 0 unspecified atom stereocenters. The molecule has 122 valence electrons. The summed E-state index contributed by atoms with van der Waals surface area (Å²) >= 11 is 0. The third-order valence-corrected chi connectivity index (χ3v) is 4.22. The van der Waals surface area contributed by atoms with Gasteiger partial charge in [-0.15, -0.1) is 0 Å². The number of benzene rings is 2. The fourth-order valence-corrected chi connectivity index (χ4v) is 2.94. The minimum atomic E-state index is -2.92. The summed E-state index contributed by atoms with van der Waals surface area (Å²) in [6.45, 7) is -3.76. The van der Waals surface area contributed by atoms with E-state index >= 15 is 0 Å². The van der Waals surface area contributed by atoms with Crippen molar-refractivity contribution in [1.82, 2.24) is 0 Å². The van der Waals surface area contributed by atoms with E-state index in [1.807, 2.05) is 43.6 Å². The Morgan fingerprint density at radius 1 is 0.958 bits per heavy atom. The van der Waals surface area contributed by atoms with Gasteiger partial charge in [-0.1, -0.05) is 56.2 Å². The zero-order valence-electron chi connectivity index (χ0n) is 21.0. The van der Waals surface area contributed by atoms with Crippen molar-refractivity contribution in [2.24, 2.45) is 12.9 Å². The SMILES string of the molecule is [2H]C([2H])([2H])C([2H])(Cc1ccc(-c2ccc(-c3ccccc3C)[n+](C)c2)cc1)C([2H])([2H])[2H]. The van der Waals surface area contributed by atoms with E-state index in [9.17, 15) is 0 Å². The molecule has 0 bridgehead atoms. The zero-order valence-corrected chi connectivity index (χ0v) is 14.0. The van der Waals surface area contributed by atoms with Crippen LogP contribution in [0.25, 0.3) is 22.4 Å². The van der Waals surface area contributed by atoms with Crippen molar-refractivity contribution >= 4 is 0 Å². The smallest absolute Gasteiger partial charge is 0.200 e. The maximum Gasteiger partial charge on any atom is 0.212 e. The second kappa shape index (κ2) is 7.00. The van der Waals surface area contributed by atoms with Gasteiger partial charge in [-0.2, -0.15) is 0 Å². The molecule has 0 saturated heterocycles. The zero-order chi connectivity index (χ0) is 23.0. The molecular weight excluding hydrogens is 290 g/mol. The topological polar surface area (TPSA) is 3.88 Å². The molecule has 0 aliphatic carbocycles. The summed E-state index contributed by atoms with van der Waals surface area (Å²) in [6, 6.07) is 19.3. The van der Waals surface area contributed by atoms with Gasteiger partial charge < -0.3 is 0 Å². The van der Waals surface area contributed by atoms with Crippen LogP contribution in [0.5, 0.6) is 0 Å². The van der Waals surface area contributed by atoms with E-state index in [0.717, 1.165) is 22.4 Å². The van der Waals surface area contributed by atoms with Crippen molar-refractivity contribution < 1.29 is 14.2 Å². The van der Waals surface area contributed by atoms with Gasteiger partial charge in [0.25, 0.3) is 0 Å². The first-order valence-corrected chi connectivity index (χ1v) is 7.98. The normalized spacial score (nSPS) is 16.8.